The zero-order valence-corrected chi connectivity index (χ0v) is 11.3. The molecule has 0 aromatic heterocycles. The quantitative estimate of drug-likeness (QED) is 0.630. The predicted octanol–water partition coefficient (Wildman–Crippen LogP) is -0.524. The summed E-state index contributed by atoms with van der Waals surface area (Å²) >= 11 is 0. The van der Waals surface area contributed by atoms with E-state index < -0.39 is 0 Å². The smallest absolute Gasteiger partial charge is 0.235 e. The zero-order chi connectivity index (χ0) is 12.8. The fraction of sp³-hybridized carbons (Fsp3) is 0.917. The highest BCUT2D eigenvalue weighted by atomic mass is 16.1. The molecule has 5 nitrogen and oxygen atoms in total. The number of likely N-dealkylation sites (tertiary alicyclic amines) is 1. The second-order valence-electron chi connectivity index (χ2n) is 5.07. The van der Waals surface area contributed by atoms with Crippen LogP contribution in [0.1, 0.15) is 19.8 Å². The summed E-state index contributed by atoms with van der Waals surface area (Å²) in [6.07, 6.45) is 2.19. The van der Waals surface area contributed by atoms with Crippen LogP contribution in [0.25, 0.3) is 0 Å². The molecule has 0 aromatic carbocycles. The summed E-state index contributed by atoms with van der Waals surface area (Å²) < 4.78 is 0. The van der Waals surface area contributed by atoms with Gasteiger partial charge in [0.25, 0.3) is 0 Å². The second-order valence-corrected chi connectivity index (χ2v) is 5.07. The van der Waals surface area contributed by atoms with E-state index in [0.29, 0.717) is 6.04 Å². The van der Waals surface area contributed by atoms with Crippen LogP contribution in [0.15, 0.2) is 0 Å². The molecular weight excluding hydrogens is 216 g/mol. The molecule has 0 saturated carbocycles. The number of nitrogens with two attached hydrogens (primary N) is 1. The van der Waals surface area contributed by atoms with Gasteiger partial charge in [0.15, 0.2) is 0 Å². The van der Waals surface area contributed by atoms with E-state index in [2.05, 4.69) is 36.1 Å². The monoisotopic (exact) mass is 242 g/mol. The highest BCUT2D eigenvalue weighted by molar-refractivity contribution is 5.80. The molecular formula is C12H26N4O. The lowest BCUT2D eigenvalue weighted by Gasteiger charge is -2.24. The number of hydrogen-bond acceptors (Lipinski definition) is 4. The van der Waals surface area contributed by atoms with E-state index in [-0.39, 0.29) is 11.9 Å². The summed E-state index contributed by atoms with van der Waals surface area (Å²) in [4.78, 5) is 15.9. The maximum Gasteiger partial charge on any atom is 0.235 e. The lowest BCUT2D eigenvalue weighted by molar-refractivity contribution is -0.120. The molecule has 5 heteroatoms. The molecule has 100 valence electrons. The maximum atomic E-state index is 11.3. The molecule has 1 heterocycles. The number of amides is 1. The molecule has 0 radical (unpaired) electrons. The molecule has 3 N–H and O–H groups in total. The normalized spacial score (nSPS) is 23.2. The Hall–Kier alpha value is -0.650. The van der Waals surface area contributed by atoms with Crippen molar-refractivity contribution in [3.8, 4) is 0 Å². The third-order valence-corrected chi connectivity index (χ3v) is 3.40. The first-order valence-electron chi connectivity index (χ1n) is 6.46. The highest BCUT2D eigenvalue weighted by Gasteiger charge is 2.27. The topological polar surface area (TPSA) is 61.6 Å². The van der Waals surface area contributed by atoms with Crippen LogP contribution in [0, 0.1) is 0 Å². The van der Waals surface area contributed by atoms with Crippen molar-refractivity contribution in [1.82, 2.24) is 15.1 Å². The molecule has 1 amide bonds. The number of carbonyl (C=O) groups is 1. The van der Waals surface area contributed by atoms with Crippen molar-refractivity contribution in [1.29, 1.82) is 0 Å². The number of rotatable bonds is 7. The molecule has 0 bridgehead atoms. The average molecular weight is 242 g/mol. The van der Waals surface area contributed by atoms with Crippen molar-refractivity contribution < 1.29 is 4.79 Å². The Morgan fingerprint density at radius 2 is 2.29 bits per heavy atom. The largest absolute Gasteiger partial charge is 0.368 e. The SMILES string of the molecule is CCCNC(CN1CCC(N(C)C)C1)C(N)=O. The van der Waals surface area contributed by atoms with Crippen molar-refractivity contribution in [3.05, 3.63) is 0 Å². The molecule has 1 aliphatic rings. The van der Waals surface area contributed by atoms with Crippen molar-refractivity contribution in [2.45, 2.75) is 31.8 Å². The van der Waals surface area contributed by atoms with Crippen molar-refractivity contribution in [2.75, 3.05) is 40.3 Å². The minimum atomic E-state index is -0.244. The van der Waals surface area contributed by atoms with Crippen LogP contribution in [0.4, 0.5) is 0 Å². The molecule has 17 heavy (non-hydrogen) atoms. The van der Waals surface area contributed by atoms with E-state index in [0.717, 1.165) is 32.6 Å². The number of likely N-dealkylation sites (N-methyl/N-ethyl adjacent to an activating group) is 1. The Morgan fingerprint density at radius 3 is 2.76 bits per heavy atom. The van der Waals surface area contributed by atoms with Gasteiger partial charge in [-0.25, -0.2) is 0 Å². The summed E-state index contributed by atoms with van der Waals surface area (Å²) in [7, 11) is 4.21. The van der Waals surface area contributed by atoms with Crippen LogP contribution in [0.2, 0.25) is 0 Å². The molecule has 1 rings (SSSR count). The van der Waals surface area contributed by atoms with Gasteiger partial charge in [-0.05, 0) is 40.0 Å². The van der Waals surface area contributed by atoms with Crippen LogP contribution in [0.5, 0.6) is 0 Å². The number of carbonyl (C=O) groups excluding carboxylic acids is 1. The Kier molecular flexibility index (Phi) is 5.88. The molecule has 2 unspecified atom stereocenters. The van der Waals surface area contributed by atoms with E-state index in [1.54, 1.807) is 0 Å². The van der Waals surface area contributed by atoms with Crippen LogP contribution < -0.4 is 11.1 Å². The molecule has 1 fully saturated rings. The average Bonchev–Trinajstić information content (AvgIpc) is 2.72. The lowest BCUT2D eigenvalue weighted by atomic mass is 10.2. The van der Waals surface area contributed by atoms with E-state index in [1.165, 1.54) is 6.42 Å². The van der Waals surface area contributed by atoms with Gasteiger partial charge in [-0.2, -0.15) is 0 Å². The highest BCUT2D eigenvalue weighted by Crippen LogP contribution is 2.13. The van der Waals surface area contributed by atoms with Gasteiger partial charge >= 0.3 is 0 Å². The lowest BCUT2D eigenvalue weighted by Crippen LogP contribution is -2.49. The van der Waals surface area contributed by atoms with Crippen LogP contribution >= 0.6 is 0 Å². The van der Waals surface area contributed by atoms with E-state index in [4.69, 9.17) is 5.73 Å². The van der Waals surface area contributed by atoms with Gasteiger partial charge < -0.3 is 16.0 Å². The van der Waals surface area contributed by atoms with Gasteiger partial charge in [0, 0.05) is 19.1 Å². The Balaban J connectivity index is 2.38. The summed E-state index contributed by atoms with van der Waals surface area (Å²) in [6, 6.07) is 0.394. The number of nitrogens with one attached hydrogen (secondary N) is 1. The molecule has 0 spiro atoms. The van der Waals surface area contributed by atoms with Crippen LogP contribution in [0.3, 0.4) is 0 Å². The second kappa shape index (κ2) is 6.93. The summed E-state index contributed by atoms with van der Waals surface area (Å²) in [5.41, 5.74) is 5.41. The molecule has 0 aliphatic carbocycles. The van der Waals surface area contributed by atoms with Crippen molar-refractivity contribution in [3.63, 3.8) is 0 Å². The predicted molar refractivity (Wildman–Crippen MR) is 69.8 cm³/mol. The Morgan fingerprint density at radius 1 is 1.59 bits per heavy atom. The third-order valence-electron chi connectivity index (χ3n) is 3.40. The van der Waals surface area contributed by atoms with Crippen LogP contribution in [-0.4, -0.2) is 68.1 Å². The van der Waals surface area contributed by atoms with Gasteiger partial charge in [-0.1, -0.05) is 6.92 Å². The maximum absolute atomic E-state index is 11.3. The number of hydrogen-bond donors (Lipinski definition) is 2. The fourth-order valence-electron chi connectivity index (χ4n) is 2.23. The summed E-state index contributed by atoms with van der Waals surface area (Å²) in [5, 5.41) is 3.21. The Labute approximate surface area is 104 Å². The standard InChI is InChI=1S/C12H26N4O/c1-4-6-14-11(12(13)17)9-16-7-5-10(8-16)15(2)3/h10-11,14H,4-9H2,1-3H3,(H2,13,17). The summed E-state index contributed by atoms with van der Waals surface area (Å²) in [5.74, 6) is -0.244. The van der Waals surface area contributed by atoms with Gasteiger partial charge in [0.1, 0.15) is 0 Å². The molecule has 1 saturated heterocycles. The third kappa shape index (κ3) is 4.61. The summed E-state index contributed by atoms with van der Waals surface area (Å²) in [6.45, 7) is 5.76. The first kappa shape index (κ1) is 14.4. The van der Waals surface area contributed by atoms with Crippen molar-refractivity contribution in [2.24, 2.45) is 5.73 Å². The number of nitrogens with zero attached hydrogens (tertiary/aromatic N) is 2. The van der Waals surface area contributed by atoms with Gasteiger partial charge in [-0.3, -0.25) is 9.69 Å². The zero-order valence-electron chi connectivity index (χ0n) is 11.3. The minimum Gasteiger partial charge on any atom is -0.368 e. The van der Waals surface area contributed by atoms with Crippen molar-refractivity contribution >= 4 is 5.91 Å². The first-order chi connectivity index (χ1) is 8.04. The van der Waals surface area contributed by atoms with E-state index >= 15 is 0 Å². The van der Waals surface area contributed by atoms with Gasteiger partial charge in [0.2, 0.25) is 5.91 Å². The van der Waals surface area contributed by atoms with Gasteiger partial charge in [-0.15, -0.1) is 0 Å². The van der Waals surface area contributed by atoms with Gasteiger partial charge in [0.05, 0.1) is 6.04 Å². The fourth-order valence-corrected chi connectivity index (χ4v) is 2.23. The van der Waals surface area contributed by atoms with E-state index in [9.17, 15) is 4.79 Å². The molecule has 2 atom stereocenters. The minimum absolute atomic E-state index is 0.212. The Bertz CT molecular complexity index is 245. The molecule has 0 aromatic rings. The molecule has 1 aliphatic heterocycles. The van der Waals surface area contributed by atoms with Crippen LogP contribution in [-0.2, 0) is 4.79 Å². The first-order valence-corrected chi connectivity index (χ1v) is 6.46. The number of primary amides is 1. The van der Waals surface area contributed by atoms with E-state index in [1.807, 2.05) is 0 Å².